The van der Waals surface area contributed by atoms with E-state index < -0.39 is 11.4 Å². The Kier molecular flexibility index (Phi) is 1.34. The summed E-state index contributed by atoms with van der Waals surface area (Å²) in [4.78, 5) is 0. The maximum atomic E-state index is 10.2. The summed E-state index contributed by atoms with van der Waals surface area (Å²) in [5.74, 6) is 0.792. The van der Waals surface area contributed by atoms with Crippen LogP contribution < -0.4 is 4.72 Å². The van der Waals surface area contributed by atoms with Crippen LogP contribution in [0.1, 0.15) is 6.42 Å². The van der Waals surface area contributed by atoms with Gasteiger partial charge in [-0.1, -0.05) is 0 Å². The molecule has 2 nitrogen and oxygen atoms in total. The minimum Gasteiger partial charge on any atom is -0.598 e. The van der Waals surface area contributed by atoms with Crippen molar-refractivity contribution in [1.82, 2.24) is 4.72 Å². The molecular weight excluding hydrogens is 98.1 g/mol. The molecule has 0 bridgehead atoms. The lowest BCUT2D eigenvalue weighted by atomic mass is 10.5. The fourth-order valence-electron chi connectivity index (χ4n) is 0.377. The molecule has 1 unspecified atom stereocenters. The van der Waals surface area contributed by atoms with E-state index in [1.54, 1.807) is 0 Å². The van der Waals surface area contributed by atoms with Crippen LogP contribution in [0.15, 0.2) is 0 Å². The molecule has 0 aromatic heterocycles. The van der Waals surface area contributed by atoms with Crippen LogP contribution in [0.25, 0.3) is 0 Å². The number of nitrogens with one attached hydrogen (secondary N) is 1. The molecular formula is C3H6NOS. The quantitative estimate of drug-likeness (QED) is 0.432. The second-order valence-electron chi connectivity index (χ2n) is 1.16. The Hall–Kier alpha value is 0.270. The van der Waals surface area contributed by atoms with Gasteiger partial charge in [0.15, 0.2) is 0 Å². The third kappa shape index (κ3) is 0.864. The van der Waals surface area contributed by atoms with Crippen LogP contribution in [-0.2, 0) is 11.4 Å². The van der Waals surface area contributed by atoms with Gasteiger partial charge in [0.05, 0.1) is 6.54 Å². The molecule has 0 amide bonds. The molecule has 0 spiro atoms. The molecule has 1 N–H and O–H groups in total. The van der Waals surface area contributed by atoms with Gasteiger partial charge in [-0.05, 0) is 0 Å². The first kappa shape index (κ1) is 4.43. The van der Waals surface area contributed by atoms with Gasteiger partial charge in [0.2, 0.25) is 0 Å². The predicted molar refractivity (Wildman–Crippen MR) is 25.1 cm³/mol. The summed E-state index contributed by atoms with van der Waals surface area (Å²) in [6.45, 7) is 1.83. The fourth-order valence-corrected chi connectivity index (χ4v) is 1.13. The molecule has 1 aliphatic rings. The zero-order valence-electron chi connectivity index (χ0n) is 3.31. The monoisotopic (exact) mass is 104 g/mol. The highest BCUT2D eigenvalue weighted by Crippen LogP contribution is 1.99. The van der Waals surface area contributed by atoms with Crippen LogP contribution in [0.3, 0.4) is 0 Å². The number of hydrogen-bond acceptors (Lipinski definition) is 2. The lowest BCUT2D eigenvalue weighted by molar-refractivity contribution is 0.594. The normalized spacial score (nSPS) is 34.5. The first-order valence-corrected chi connectivity index (χ1v) is 3.18. The van der Waals surface area contributed by atoms with E-state index in [4.69, 9.17) is 0 Å². The minimum absolute atomic E-state index is 0.728. The highest BCUT2D eigenvalue weighted by Gasteiger charge is 2.12. The zero-order valence-corrected chi connectivity index (χ0v) is 4.12. The predicted octanol–water partition coefficient (Wildman–Crippen LogP) is -0.195. The maximum Gasteiger partial charge on any atom is 0.127 e. The molecule has 0 aromatic rings. The van der Waals surface area contributed by atoms with Gasteiger partial charge in [-0.2, -0.15) is 0 Å². The molecule has 1 atom stereocenters. The van der Waals surface area contributed by atoms with Gasteiger partial charge in [-0.25, -0.2) is 0 Å². The van der Waals surface area contributed by atoms with Crippen molar-refractivity contribution in [2.75, 3.05) is 5.75 Å². The lowest BCUT2D eigenvalue weighted by Gasteiger charge is -1.95. The summed E-state index contributed by atoms with van der Waals surface area (Å²) < 4.78 is 12.9. The molecule has 0 saturated carbocycles. The molecule has 1 fully saturated rings. The van der Waals surface area contributed by atoms with E-state index in [1.807, 2.05) is 6.54 Å². The van der Waals surface area contributed by atoms with Gasteiger partial charge in [-0.3, -0.25) is 0 Å². The van der Waals surface area contributed by atoms with E-state index >= 15 is 0 Å². The molecule has 1 saturated heterocycles. The highest BCUT2D eigenvalue weighted by atomic mass is 32.2. The highest BCUT2D eigenvalue weighted by molar-refractivity contribution is 7.89. The van der Waals surface area contributed by atoms with Crippen molar-refractivity contribution in [3.63, 3.8) is 0 Å². The summed E-state index contributed by atoms with van der Waals surface area (Å²) in [6.07, 6.45) is 0.951. The Bertz CT molecular complexity index is 44.1. The number of rotatable bonds is 0. The van der Waals surface area contributed by atoms with Crippen molar-refractivity contribution in [3.05, 3.63) is 6.54 Å². The summed E-state index contributed by atoms with van der Waals surface area (Å²) >= 11 is -0.728. The second-order valence-corrected chi connectivity index (χ2v) is 2.50. The molecule has 1 heterocycles. The van der Waals surface area contributed by atoms with E-state index in [2.05, 4.69) is 4.72 Å². The van der Waals surface area contributed by atoms with Crippen LogP contribution in [0.5, 0.6) is 0 Å². The van der Waals surface area contributed by atoms with Gasteiger partial charge in [0.25, 0.3) is 0 Å². The molecule has 0 aliphatic carbocycles. The third-order valence-electron chi connectivity index (χ3n) is 0.662. The lowest BCUT2D eigenvalue weighted by Crippen LogP contribution is -2.12. The Morgan fingerprint density at radius 2 is 2.67 bits per heavy atom. The topological polar surface area (TPSA) is 35.1 Å². The molecule has 35 valence electrons. The zero-order chi connectivity index (χ0) is 4.41. The summed E-state index contributed by atoms with van der Waals surface area (Å²) in [5, 5.41) is 0. The largest absolute Gasteiger partial charge is 0.598 e. The Morgan fingerprint density at radius 1 is 1.83 bits per heavy atom. The average molecular weight is 104 g/mol. The third-order valence-corrected chi connectivity index (χ3v) is 1.70. The van der Waals surface area contributed by atoms with Crippen LogP contribution in [-0.4, -0.2) is 10.3 Å². The Morgan fingerprint density at radius 3 is 2.83 bits per heavy atom. The van der Waals surface area contributed by atoms with Crippen molar-refractivity contribution in [1.29, 1.82) is 0 Å². The van der Waals surface area contributed by atoms with Gasteiger partial charge >= 0.3 is 0 Å². The van der Waals surface area contributed by atoms with Gasteiger partial charge in [0, 0.05) is 17.8 Å². The molecule has 0 aromatic carbocycles. The average Bonchev–Trinajstić information content (AvgIpc) is 1.86. The van der Waals surface area contributed by atoms with Gasteiger partial charge in [0.1, 0.15) is 5.75 Å². The summed E-state index contributed by atoms with van der Waals surface area (Å²) in [7, 11) is 0. The van der Waals surface area contributed by atoms with Crippen LogP contribution in [0.4, 0.5) is 0 Å². The summed E-state index contributed by atoms with van der Waals surface area (Å²) in [5.41, 5.74) is 0. The van der Waals surface area contributed by atoms with Crippen molar-refractivity contribution in [3.8, 4) is 0 Å². The van der Waals surface area contributed by atoms with Crippen LogP contribution in [0.2, 0.25) is 0 Å². The standard InChI is InChI=1S/C3H6NOS/c5-6-3-1-2-4-6/h2,4H,1,3H2. The SMILES string of the molecule is [O-][S+]1CC[CH]N1. The molecule has 1 rings (SSSR count). The van der Waals surface area contributed by atoms with E-state index in [9.17, 15) is 4.55 Å². The van der Waals surface area contributed by atoms with Crippen molar-refractivity contribution < 1.29 is 4.55 Å². The molecule has 1 aliphatic heterocycles. The fraction of sp³-hybridized carbons (Fsp3) is 0.667. The number of hydrogen-bond donors (Lipinski definition) is 1. The first-order chi connectivity index (χ1) is 2.89. The summed E-state index contributed by atoms with van der Waals surface area (Å²) in [6, 6.07) is 0. The minimum atomic E-state index is -0.728. The smallest absolute Gasteiger partial charge is 0.127 e. The first-order valence-electron chi connectivity index (χ1n) is 1.86. The van der Waals surface area contributed by atoms with E-state index in [0.717, 1.165) is 12.2 Å². The Balaban J connectivity index is 2.18. The maximum absolute atomic E-state index is 10.2. The van der Waals surface area contributed by atoms with E-state index in [1.165, 1.54) is 0 Å². The van der Waals surface area contributed by atoms with Gasteiger partial charge in [-0.15, -0.1) is 4.72 Å². The Labute approximate surface area is 40.2 Å². The molecule has 1 radical (unpaired) electrons. The second kappa shape index (κ2) is 1.82. The van der Waals surface area contributed by atoms with E-state index in [-0.39, 0.29) is 0 Å². The van der Waals surface area contributed by atoms with Crippen LogP contribution in [0, 0.1) is 6.54 Å². The molecule has 3 heteroatoms. The van der Waals surface area contributed by atoms with Crippen molar-refractivity contribution >= 4 is 11.4 Å². The van der Waals surface area contributed by atoms with Gasteiger partial charge < -0.3 is 4.55 Å². The van der Waals surface area contributed by atoms with E-state index in [0.29, 0.717) is 0 Å². The van der Waals surface area contributed by atoms with Crippen molar-refractivity contribution in [2.24, 2.45) is 0 Å². The van der Waals surface area contributed by atoms with Crippen LogP contribution >= 0.6 is 0 Å². The van der Waals surface area contributed by atoms with Crippen molar-refractivity contribution in [2.45, 2.75) is 6.42 Å². The molecule has 6 heavy (non-hydrogen) atoms.